The summed E-state index contributed by atoms with van der Waals surface area (Å²) in [4.78, 5) is 29.7. The molecule has 2 N–H and O–H groups in total. The van der Waals surface area contributed by atoms with Crippen molar-refractivity contribution in [1.82, 2.24) is 9.88 Å². The number of carbonyl (C=O) groups is 2. The van der Waals surface area contributed by atoms with E-state index in [-0.39, 0.29) is 23.8 Å². The Morgan fingerprint density at radius 3 is 2.76 bits per heavy atom. The minimum Gasteiger partial charge on any atom is -0.478 e. The average Bonchev–Trinajstić information content (AvgIpc) is 2.48. The molecule has 0 aliphatic carbocycles. The predicted molar refractivity (Wildman–Crippen MR) is 77.8 cm³/mol. The van der Waals surface area contributed by atoms with Crippen LogP contribution in [0.25, 0.3) is 0 Å². The van der Waals surface area contributed by atoms with Crippen LogP contribution in [0.15, 0.2) is 18.3 Å². The first kappa shape index (κ1) is 15.3. The number of nitrogens with two attached hydrogens (primary N) is 1. The Morgan fingerprint density at radius 1 is 1.43 bits per heavy atom. The zero-order valence-corrected chi connectivity index (χ0v) is 12.4. The van der Waals surface area contributed by atoms with Crippen LogP contribution in [-0.4, -0.2) is 40.9 Å². The highest BCUT2D eigenvalue weighted by Gasteiger charge is 2.32. The molecule has 0 bridgehead atoms. The molecule has 1 saturated heterocycles. The van der Waals surface area contributed by atoms with E-state index in [0.29, 0.717) is 24.6 Å². The summed E-state index contributed by atoms with van der Waals surface area (Å²) in [6.07, 6.45) is 3.03. The van der Waals surface area contributed by atoms with Crippen molar-refractivity contribution >= 4 is 11.8 Å². The number of primary amides is 1. The Morgan fingerprint density at radius 2 is 2.19 bits per heavy atom. The number of aromatic nitrogens is 1. The lowest BCUT2D eigenvalue weighted by molar-refractivity contribution is -0.123. The molecule has 2 heterocycles. The monoisotopic (exact) mass is 291 g/mol. The van der Waals surface area contributed by atoms with E-state index in [0.717, 1.165) is 12.8 Å². The maximum Gasteiger partial charge on any atom is 0.255 e. The number of ether oxygens (including phenoxy) is 1. The van der Waals surface area contributed by atoms with Gasteiger partial charge in [0.05, 0.1) is 18.1 Å². The molecule has 1 aromatic heterocycles. The minimum absolute atomic E-state index is 0.0969. The molecule has 0 saturated carbocycles. The highest BCUT2D eigenvalue weighted by molar-refractivity contribution is 5.94. The lowest BCUT2D eigenvalue weighted by atomic mass is 9.92. The third-order valence-electron chi connectivity index (χ3n) is 3.82. The van der Waals surface area contributed by atoms with Gasteiger partial charge in [-0.05, 0) is 32.8 Å². The summed E-state index contributed by atoms with van der Waals surface area (Å²) in [5, 5.41) is 0. The summed E-state index contributed by atoms with van der Waals surface area (Å²) < 4.78 is 5.26. The van der Waals surface area contributed by atoms with Crippen LogP contribution in [0.5, 0.6) is 5.88 Å². The number of hydrogen-bond acceptors (Lipinski definition) is 4. The number of amides is 2. The number of pyridine rings is 1. The van der Waals surface area contributed by atoms with Gasteiger partial charge in [0.25, 0.3) is 5.91 Å². The zero-order chi connectivity index (χ0) is 15.4. The Labute approximate surface area is 124 Å². The van der Waals surface area contributed by atoms with E-state index in [2.05, 4.69) is 4.98 Å². The second kappa shape index (κ2) is 6.56. The van der Waals surface area contributed by atoms with Crippen molar-refractivity contribution in [1.29, 1.82) is 0 Å². The molecule has 0 unspecified atom stereocenters. The normalized spacial score (nSPS) is 21.9. The van der Waals surface area contributed by atoms with Gasteiger partial charge in [0.15, 0.2) is 0 Å². The van der Waals surface area contributed by atoms with E-state index in [9.17, 15) is 9.59 Å². The number of nitrogens with zero attached hydrogens (tertiary/aromatic N) is 2. The summed E-state index contributed by atoms with van der Waals surface area (Å²) in [6.45, 7) is 4.77. The smallest absolute Gasteiger partial charge is 0.255 e. The standard InChI is InChI=1S/C15H21N3O3/c1-3-21-13-7-6-11(8-17-13)15(20)18-9-12(14(16)19)5-4-10(18)2/h6-8,10,12H,3-5,9H2,1-2H3,(H2,16,19)/t10-,12-/m1/s1. The van der Waals surface area contributed by atoms with Crippen molar-refractivity contribution in [3.8, 4) is 5.88 Å². The van der Waals surface area contributed by atoms with Crippen molar-refractivity contribution < 1.29 is 14.3 Å². The molecule has 2 amide bonds. The minimum atomic E-state index is -0.343. The zero-order valence-electron chi connectivity index (χ0n) is 12.4. The van der Waals surface area contributed by atoms with Crippen LogP contribution in [0.4, 0.5) is 0 Å². The first-order valence-corrected chi connectivity index (χ1v) is 7.22. The number of rotatable bonds is 4. The van der Waals surface area contributed by atoms with Gasteiger partial charge in [-0.1, -0.05) is 0 Å². The van der Waals surface area contributed by atoms with Crippen LogP contribution in [0, 0.1) is 5.92 Å². The number of hydrogen-bond donors (Lipinski definition) is 1. The van der Waals surface area contributed by atoms with Crippen molar-refractivity contribution in [3.05, 3.63) is 23.9 Å². The fourth-order valence-electron chi connectivity index (χ4n) is 2.53. The molecule has 6 nitrogen and oxygen atoms in total. The van der Waals surface area contributed by atoms with Gasteiger partial charge in [-0.3, -0.25) is 9.59 Å². The topological polar surface area (TPSA) is 85.5 Å². The summed E-state index contributed by atoms with van der Waals surface area (Å²) in [6, 6.07) is 3.47. The lowest BCUT2D eigenvalue weighted by Crippen LogP contribution is -2.48. The predicted octanol–water partition coefficient (Wildman–Crippen LogP) is 1.21. The van der Waals surface area contributed by atoms with Crippen molar-refractivity contribution in [2.45, 2.75) is 32.7 Å². The Kier molecular flexibility index (Phi) is 4.77. The molecule has 0 aromatic carbocycles. The van der Waals surface area contributed by atoms with Gasteiger partial charge < -0.3 is 15.4 Å². The second-order valence-corrected chi connectivity index (χ2v) is 5.30. The first-order valence-electron chi connectivity index (χ1n) is 7.22. The van der Waals surface area contributed by atoms with E-state index < -0.39 is 0 Å². The van der Waals surface area contributed by atoms with Crippen LogP contribution in [0.3, 0.4) is 0 Å². The van der Waals surface area contributed by atoms with Gasteiger partial charge in [0.1, 0.15) is 0 Å². The SMILES string of the molecule is CCOc1ccc(C(=O)N2C[C@H](C(N)=O)CC[C@H]2C)cn1. The Bertz CT molecular complexity index is 515. The van der Waals surface area contributed by atoms with Crippen LogP contribution < -0.4 is 10.5 Å². The largest absolute Gasteiger partial charge is 0.478 e. The highest BCUT2D eigenvalue weighted by atomic mass is 16.5. The summed E-state index contributed by atoms with van der Waals surface area (Å²) >= 11 is 0. The van der Waals surface area contributed by atoms with E-state index in [1.54, 1.807) is 17.0 Å². The van der Waals surface area contributed by atoms with Crippen LogP contribution in [0.1, 0.15) is 37.0 Å². The molecule has 2 atom stereocenters. The van der Waals surface area contributed by atoms with Gasteiger partial charge >= 0.3 is 0 Å². The van der Waals surface area contributed by atoms with Crippen LogP contribution in [0.2, 0.25) is 0 Å². The first-order chi connectivity index (χ1) is 10.0. The maximum atomic E-state index is 12.5. The molecule has 21 heavy (non-hydrogen) atoms. The molecular formula is C15H21N3O3. The summed E-state index contributed by atoms with van der Waals surface area (Å²) in [5.74, 6) is -0.231. The fourth-order valence-corrected chi connectivity index (χ4v) is 2.53. The average molecular weight is 291 g/mol. The third-order valence-corrected chi connectivity index (χ3v) is 3.82. The molecule has 0 spiro atoms. The van der Waals surface area contributed by atoms with Crippen molar-refractivity contribution in [3.63, 3.8) is 0 Å². The van der Waals surface area contributed by atoms with E-state index >= 15 is 0 Å². The van der Waals surface area contributed by atoms with E-state index in [1.165, 1.54) is 6.20 Å². The van der Waals surface area contributed by atoms with Crippen molar-refractivity contribution in [2.24, 2.45) is 11.7 Å². The van der Waals surface area contributed by atoms with Crippen molar-refractivity contribution in [2.75, 3.05) is 13.2 Å². The fraction of sp³-hybridized carbons (Fsp3) is 0.533. The molecular weight excluding hydrogens is 270 g/mol. The maximum absolute atomic E-state index is 12.5. The molecule has 1 aliphatic rings. The quantitative estimate of drug-likeness (QED) is 0.903. The van der Waals surface area contributed by atoms with Gasteiger partial charge in [0, 0.05) is 24.8 Å². The molecule has 1 aromatic rings. The number of likely N-dealkylation sites (tertiary alicyclic amines) is 1. The molecule has 6 heteroatoms. The van der Waals surface area contributed by atoms with Gasteiger partial charge in [-0.15, -0.1) is 0 Å². The molecule has 0 radical (unpaired) electrons. The number of piperidine rings is 1. The van der Waals surface area contributed by atoms with Crippen LogP contribution in [-0.2, 0) is 4.79 Å². The van der Waals surface area contributed by atoms with Gasteiger partial charge in [0.2, 0.25) is 11.8 Å². The van der Waals surface area contributed by atoms with Gasteiger partial charge in [-0.2, -0.15) is 0 Å². The molecule has 1 fully saturated rings. The lowest BCUT2D eigenvalue weighted by Gasteiger charge is -2.36. The van der Waals surface area contributed by atoms with Gasteiger partial charge in [-0.25, -0.2) is 4.98 Å². The number of carbonyl (C=O) groups excluding carboxylic acids is 2. The summed E-state index contributed by atoms with van der Waals surface area (Å²) in [7, 11) is 0. The molecule has 114 valence electrons. The highest BCUT2D eigenvalue weighted by Crippen LogP contribution is 2.23. The third kappa shape index (κ3) is 3.51. The molecule has 1 aliphatic heterocycles. The van der Waals surface area contributed by atoms with E-state index in [1.807, 2.05) is 13.8 Å². The van der Waals surface area contributed by atoms with E-state index in [4.69, 9.17) is 10.5 Å². The Balaban J connectivity index is 2.11. The second-order valence-electron chi connectivity index (χ2n) is 5.30. The summed E-state index contributed by atoms with van der Waals surface area (Å²) in [5.41, 5.74) is 5.86. The van der Waals surface area contributed by atoms with Crippen LogP contribution >= 0.6 is 0 Å². The Hall–Kier alpha value is -2.11. The molecule has 2 rings (SSSR count).